The second-order valence-corrected chi connectivity index (χ2v) is 4.46. The van der Waals surface area contributed by atoms with Crippen LogP contribution in [0.25, 0.3) is 0 Å². The first-order valence-electron chi connectivity index (χ1n) is 5.45. The Balaban J connectivity index is 4.37. The number of hydrogen-bond acceptors (Lipinski definition) is 3. The van der Waals surface area contributed by atoms with Crippen molar-refractivity contribution in [3.63, 3.8) is 0 Å². The molecule has 0 bridgehead atoms. The molecular formula is C11H26N2O. The minimum Gasteiger partial charge on any atom is -0.383 e. The van der Waals surface area contributed by atoms with Crippen molar-refractivity contribution in [3.8, 4) is 0 Å². The normalized spacial score (nSPS) is 14.8. The summed E-state index contributed by atoms with van der Waals surface area (Å²) in [7, 11) is 1.74. The fourth-order valence-electron chi connectivity index (χ4n) is 1.65. The quantitative estimate of drug-likeness (QED) is 0.679. The molecule has 3 heteroatoms. The average molecular weight is 202 g/mol. The van der Waals surface area contributed by atoms with Crippen molar-refractivity contribution in [3.05, 3.63) is 0 Å². The highest BCUT2D eigenvalue weighted by Gasteiger charge is 2.27. The van der Waals surface area contributed by atoms with Gasteiger partial charge in [-0.25, -0.2) is 0 Å². The van der Waals surface area contributed by atoms with Crippen LogP contribution in [0.5, 0.6) is 0 Å². The third-order valence-corrected chi connectivity index (χ3v) is 2.94. The standard InChI is InChI=1S/C11H26N2O/c1-6-10(2)13(7-8-14-5)11(3,4)9-12/h10H,6-9,12H2,1-5H3. The van der Waals surface area contributed by atoms with E-state index in [4.69, 9.17) is 10.5 Å². The van der Waals surface area contributed by atoms with E-state index in [0.717, 1.165) is 19.6 Å². The molecule has 0 heterocycles. The average Bonchev–Trinajstić information content (AvgIpc) is 2.17. The SMILES string of the molecule is CCC(C)N(CCOC)C(C)(C)CN. The molecule has 3 nitrogen and oxygen atoms in total. The van der Waals surface area contributed by atoms with Gasteiger partial charge in [0.2, 0.25) is 0 Å². The van der Waals surface area contributed by atoms with E-state index in [1.54, 1.807) is 7.11 Å². The van der Waals surface area contributed by atoms with Crippen molar-refractivity contribution in [1.29, 1.82) is 0 Å². The van der Waals surface area contributed by atoms with Gasteiger partial charge in [-0.3, -0.25) is 4.90 Å². The Bertz CT molecular complexity index is 148. The van der Waals surface area contributed by atoms with E-state index < -0.39 is 0 Å². The van der Waals surface area contributed by atoms with Gasteiger partial charge in [0.15, 0.2) is 0 Å². The second-order valence-electron chi connectivity index (χ2n) is 4.46. The van der Waals surface area contributed by atoms with Crippen LogP contribution < -0.4 is 5.73 Å². The lowest BCUT2D eigenvalue weighted by Crippen LogP contribution is -2.54. The lowest BCUT2D eigenvalue weighted by molar-refractivity contribution is 0.0481. The van der Waals surface area contributed by atoms with Crippen LogP contribution in [0.15, 0.2) is 0 Å². The van der Waals surface area contributed by atoms with E-state index in [-0.39, 0.29) is 5.54 Å². The first-order valence-corrected chi connectivity index (χ1v) is 5.45. The molecule has 1 atom stereocenters. The minimum absolute atomic E-state index is 0.0634. The molecule has 0 spiro atoms. The molecule has 0 aromatic heterocycles. The van der Waals surface area contributed by atoms with Gasteiger partial charge in [0.25, 0.3) is 0 Å². The molecule has 1 unspecified atom stereocenters. The van der Waals surface area contributed by atoms with Crippen molar-refractivity contribution in [2.45, 2.75) is 45.7 Å². The van der Waals surface area contributed by atoms with Crippen molar-refractivity contribution in [1.82, 2.24) is 4.90 Å². The zero-order valence-electron chi connectivity index (χ0n) is 10.3. The molecule has 0 aliphatic rings. The van der Waals surface area contributed by atoms with Crippen LogP contribution in [0.4, 0.5) is 0 Å². The van der Waals surface area contributed by atoms with Gasteiger partial charge in [0.05, 0.1) is 6.61 Å². The summed E-state index contributed by atoms with van der Waals surface area (Å²) in [6.45, 7) is 11.2. The predicted octanol–water partition coefficient (Wildman–Crippen LogP) is 1.47. The summed E-state index contributed by atoms with van der Waals surface area (Å²) >= 11 is 0. The summed E-state index contributed by atoms with van der Waals surface area (Å²) in [6.07, 6.45) is 1.15. The van der Waals surface area contributed by atoms with Crippen LogP contribution in [0.3, 0.4) is 0 Å². The molecule has 14 heavy (non-hydrogen) atoms. The molecule has 0 aliphatic heterocycles. The summed E-state index contributed by atoms with van der Waals surface area (Å²) in [4.78, 5) is 2.43. The highest BCUT2D eigenvalue weighted by atomic mass is 16.5. The molecular weight excluding hydrogens is 176 g/mol. The van der Waals surface area contributed by atoms with E-state index in [2.05, 4.69) is 32.6 Å². The molecule has 86 valence electrons. The zero-order chi connectivity index (χ0) is 11.2. The maximum Gasteiger partial charge on any atom is 0.0590 e. The Morgan fingerprint density at radius 2 is 2.00 bits per heavy atom. The van der Waals surface area contributed by atoms with E-state index >= 15 is 0 Å². The van der Waals surface area contributed by atoms with Gasteiger partial charge < -0.3 is 10.5 Å². The van der Waals surface area contributed by atoms with Crippen molar-refractivity contribution < 1.29 is 4.74 Å². The Kier molecular flexibility index (Phi) is 6.33. The molecule has 0 fully saturated rings. The van der Waals surface area contributed by atoms with Crippen molar-refractivity contribution in [2.24, 2.45) is 5.73 Å². The van der Waals surface area contributed by atoms with Crippen LogP contribution >= 0.6 is 0 Å². The second kappa shape index (κ2) is 6.38. The van der Waals surface area contributed by atoms with Crippen LogP contribution in [-0.2, 0) is 4.74 Å². The molecule has 0 saturated heterocycles. The number of nitrogens with zero attached hydrogens (tertiary/aromatic N) is 1. The Labute approximate surface area is 88.6 Å². The van der Waals surface area contributed by atoms with Gasteiger partial charge >= 0.3 is 0 Å². The van der Waals surface area contributed by atoms with Crippen LogP contribution in [0.1, 0.15) is 34.1 Å². The summed E-state index contributed by atoms with van der Waals surface area (Å²) in [6, 6.07) is 0.559. The summed E-state index contributed by atoms with van der Waals surface area (Å²) in [5.41, 5.74) is 5.85. The number of rotatable bonds is 7. The Morgan fingerprint density at radius 3 is 2.36 bits per heavy atom. The zero-order valence-corrected chi connectivity index (χ0v) is 10.3. The molecule has 0 radical (unpaired) electrons. The highest BCUT2D eigenvalue weighted by molar-refractivity contribution is 4.85. The van der Waals surface area contributed by atoms with E-state index in [1.807, 2.05) is 0 Å². The minimum atomic E-state index is 0.0634. The van der Waals surface area contributed by atoms with Crippen LogP contribution in [0, 0.1) is 0 Å². The van der Waals surface area contributed by atoms with Gasteiger partial charge in [0.1, 0.15) is 0 Å². The molecule has 0 rings (SSSR count). The largest absolute Gasteiger partial charge is 0.383 e. The van der Waals surface area contributed by atoms with E-state index in [9.17, 15) is 0 Å². The molecule has 0 aromatic rings. The maximum atomic E-state index is 5.79. The number of nitrogens with two attached hydrogens (primary N) is 1. The lowest BCUT2D eigenvalue weighted by atomic mass is 10.00. The monoisotopic (exact) mass is 202 g/mol. The lowest BCUT2D eigenvalue weighted by Gasteiger charge is -2.41. The number of hydrogen-bond donors (Lipinski definition) is 1. The van der Waals surface area contributed by atoms with Gasteiger partial charge in [0, 0.05) is 31.8 Å². The topological polar surface area (TPSA) is 38.5 Å². The van der Waals surface area contributed by atoms with Crippen molar-refractivity contribution in [2.75, 3.05) is 26.8 Å². The summed E-state index contributed by atoms with van der Waals surface area (Å²) in [5.74, 6) is 0. The summed E-state index contributed by atoms with van der Waals surface area (Å²) < 4.78 is 5.12. The number of ether oxygens (including phenoxy) is 1. The summed E-state index contributed by atoms with van der Waals surface area (Å²) in [5, 5.41) is 0. The third-order valence-electron chi connectivity index (χ3n) is 2.94. The Morgan fingerprint density at radius 1 is 1.43 bits per heavy atom. The molecule has 0 amide bonds. The van der Waals surface area contributed by atoms with Gasteiger partial charge in [-0.05, 0) is 27.2 Å². The van der Waals surface area contributed by atoms with Gasteiger partial charge in [-0.1, -0.05) is 6.92 Å². The van der Waals surface area contributed by atoms with Gasteiger partial charge in [-0.15, -0.1) is 0 Å². The number of methoxy groups -OCH3 is 1. The molecule has 0 saturated carbocycles. The fourth-order valence-corrected chi connectivity index (χ4v) is 1.65. The van der Waals surface area contributed by atoms with E-state index in [1.165, 1.54) is 0 Å². The fraction of sp³-hybridized carbons (Fsp3) is 1.00. The first-order chi connectivity index (χ1) is 6.49. The third kappa shape index (κ3) is 3.95. The maximum absolute atomic E-state index is 5.79. The molecule has 0 aromatic carbocycles. The Hall–Kier alpha value is -0.120. The van der Waals surface area contributed by atoms with Crippen LogP contribution in [0.2, 0.25) is 0 Å². The van der Waals surface area contributed by atoms with Gasteiger partial charge in [-0.2, -0.15) is 0 Å². The van der Waals surface area contributed by atoms with Crippen molar-refractivity contribution >= 4 is 0 Å². The first kappa shape index (κ1) is 13.9. The smallest absolute Gasteiger partial charge is 0.0590 e. The van der Waals surface area contributed by atoms with E-state index in [0.29, 0.717) is 12.6 Å². The molecule has 0 aliphatic carbocycles. The predicted molar refractivity (Wildman–Crippen MR) is 61.5 cm³/mol. The van der Waals surface area contributed by atoms with Crippen LogP contribution in [-0.4, -0.2) is 43.3 Å². The highest BCUT2D eigenvalue weighted by Crippen LogP contribution is 2.17. The molecule has 2 N–H and O–H groups in total.